The SMILES string of the molecule is Cc1nc(C(=O)NC2C3CCN(CC3)C2C)sc1-c1ccccc1. The Kier molecular flexibility index (Phi) is 4.14. The Morgan fingerprint density at radius 2 is 1.96 bits per heavy atom. The number of carbonyl (C=O) groups excluding carboxylic acids is 1. The Morgan fingerprint density at radius 3 is 2.62 bits per heavy atom. The van der Waals surface area contributed by atoms with E-state index in [-0.39, 0.29) is 11.9 Å². The molecule has 3 fully saturated rings. The third kappa shape index (κ3) is 2.76. The first-order chi connectivity index (χ1) is 11.6. The summed E-state index contributed by atoms with van der Waals surface area (Å²) in [7, 11) is 0. The van der Waals surface area contributed by atoms with Gasteiger partial charge < -0.3 is 5.32 Å². The number of hydrogen-bond donors (Lipinski definition) is 1. The molecule has 3 aliphatic heterocycles. The molecule has 5 heteroatoms. The average molecular weight is 341 g/mol. The van der Waals surface area contributed by atoms with Gasteiger partial charge in [-0.05, 0) is 51.3 Å². The summed E-state index contributed by atoms with van der Waals surface area (Å²) < 4.78 is 0. The zero-order valence-electron chi connectivity index (χ0n) is 14.2. The number of hydrogen-bond acceptors (Lipinski definition) is 4. The Hall–Kier alpha value is -1.72. The summed E-state index contributed by atoms with van der Waals surface area (Å²) in [6.07, 6.45) is 2.39. The topological polar surface area (TPSA) is 45.2 Å². The molecule has 1 aromatic heterocycles. The summed E-state index contributed by atoms with van der Waals surface area (Å²) in [5, 5.41) is 3.85. The fraction of sp³-hybridized carbons (Fsp3) is 0.474. The molecule has 24 heavy (non-hydrogen) atoms. The highest BCUT2D eigenvalue weighted by atomic mass is 32.1. The van der Waals surface area contributed by atoms with Crippen LogP contribution in [-0.4, -0.2) is 41.0 Å². The summed E-state index contributed by atoms with van der Waals surface area (Å²) in [6, 6.07) is 10.9. The Morgan fingerprint density at radius 1 is 1.25 bits per heavy atom. The molecule has 2 aromatic rings. The number of thiazole rings is 1. The Labute approximate surface area is 146 Å². The van der Waals surface area contributed by atoms with Gasteiger partial charge in [-0.2, -0.15) is 0 Å². The number of piperidine rings is 3. The van der Waals surface area contributed by atoms with Crippen LogP contribution in [0.15, 0.2) is 30.3 Å². The second kappa shape index (κ2) is 6.30. The summed E-state index contributed by atoms with van der Waals surface area (Å²) in [6.45, 7) is 6.56. The van der Waals surface area contributed by atoms with E-state index in [1.54, 1.807) is 0 Å². The van der Waals surface area contributed by atoms with Gasteiger partial charge in [-0.3, -0.25) is 9.69 Å². The van der Waals surface area contributed by atoms with Crippen molar-refractivity contribution in [3.63, 3.8) is 0 Å². The van der Waals surface area contributed by atoms with Crippen LogP contribution in [0.25, 0.3) is 10.4 Å². The first kappa shape index (κ1) is 15.8. The van der Waals surface area contributed by atoms with Crippen LogP contribution < -0.4 is 5.32 Å². The minimum absolute atomic E-state index is 0.0177. The molecule has 1 aromatic carbocycles. The molecule has 3 aliphatic rings. The predicted octanol–water partition coefficient (Wildman–Crippen LogP) is 3.33. The Balaban J connectivity index is 1.53. The van der Waals surface area contributed by atoms with E-state index in [4.69, 9.17) is 0 Å². The van der Waals surface area contributed by atoms with E-state index in [9.17, 15) is 4.79 Å². The van der Waals surface area contributed by atoms with Gasteiger partial charge in [0.25, 0.3) is 5.91 Å². The van der Waals surface area contributed by atoms with Crippen LogP contribution >= 0.6 is 11.3 Å². The molecule has 3 saturated heterocycles. The molecule has 2 atom stereocenters. The minimum atomic E-state index is -0.0177. The van der Waals surface area contributed by atoms with Crippen molar-refractivity contribution in [2.45, 2.75) is 38.8 Å². The van der Waals surface area contributed by atoms with Crippen LogP contribution in [0.5, 0.6) is 0 Å². The van der Waals surface area contributed by atoms with Crippen molar-refractivity contribution in [1.82, 2.24) is 15.2 Å². The zero-order valence-corrected chi connectivity index (χ0v) is 15.0. The van der Waals surface area contributed by atoms with E-state index < -0.39 is 0 Å². The standard InChI is InChI=1S/C19H23N3OS/c1-12-17(15-6-4-3-5-7-15)24-19(20-12)18(23)21-16-13(2)22-10-8-14(16)9-11-22/h3-7,13-14,16H,8-11H2,1-2H3,(H,21,23). The van der Waals surface area contributed by atoms with Crippen LogP contribution in [0.2, 0.25) is 0 Å². The van der Waals surface area contributed by atoms with Gasteiger partial charge >= 0.3 is 0 Å². The number of rotatable bonds is 3. The number of carbonyl (C=O) groups is 1. The number of amides is 1. The third-order valence-electron chi connectivity index (χ3n) is 5.50. The minimum Gasteiger partial charge on any atom is -0.345 e. The average Bonchev–Trinajstić information content (AvgIpc) is 3.01. The van der Waals surface area contributed by atoms with Crippen molar-refractivity contribution in [3.05, 3.63) is 41.0 Å². The highest BCUT2D eigenvalue weighted by Gasteiger charge is 2.40. The van der Waals surface area contributed by atoms with Gasteiger partial charge in [0.1, 0.15) is 0 Å². The molecular formula is C19H23N3OS. The van der Waals surface area contributed by atoms with E-state index in [2.05, 4.69) is 34.3 Å². The number of aromatic nitrogens is 1. The first-order valence-corrected chi connectivity index (χ1v) is 9.53. The largest absolute Gasteiger partial charge is 0.345 e. The molecule has 4 nitrogen and oxygen atoms in total. The maximum absolute atomic E-state index is 12.7. The van der Waals surface area contributed by atoms with Crippen molar-refractivity contribution in [2.75, 3.05) is 13.1 Å². The molecule has 2 bridgehead atoms. The quantitative estimate of drug-likeness (QED) is 0.931. The van der Waals surface area contributed by atoms with E-state index in [0.717, 1.165) is 16.1 Å². The molecule has 0 spiro atoms. The van der Waals surface area contributed by atoms with Crippen LogP contribution in [0, 0.1) is 12.8 Å². The molecule has 126 valence electrons. The number of nitrogens with one attached hydrogen (secondary N) is 1. The zero-order chi connectivity index (χ0) is 16.7. The molecule has 0 radical (unpaired) electrons. The summed E-state index contributed by atoms with van der Waals surface area (Å²) in [5.74, 6) is 0.597. The van der Waals surface area contributed by atoms with Gasteiger partial charge in [-0.1, -0.05) is 30.3 Å². The lowest BCUT2D eigenvalue weighted by Gasteiger charge is -2.49. The second-order valence-electron chi connectivity index (χ2n) is 6.91. The lowest BCUT2D eigenvalue weighted by Crippen LogP contribution is -2.62. The van der Waals surface area contributed by atoms with Crippen molar-refractivity contribution in [1.29, 1.82) is 0 Å². The van der Waals surface area contributed by atoms with E-state index >= 15 is 0 Å². The lowest BCUT2D eigenvalue weighted by molar-refractivity contribution is 0.0217. The van der Waals surface area contributed by atoms with E-state index in [1.807, 2.05) is 25.1 Å². The molecule has 1 N–H and O–H groups in total. The highest BCUT2D eigenvalue weighted by molar-refractivity contribution is 7.17. The van der Waals surface area contributed by atoms with Gasteiger partial charge in [0, 0.05) is 12.1 Å². The smallest absolute Gasteiger partial charge is 0.280 e. The number of benzene rings is 1. The van der Waals surface area contributed by atoms with Gasteiger partial charge in [0.15, 0.2) is 5.01 Å². The monoisotopic (exact) mass is 341 g/mol. The highest BCUT2D eigenvalue weighted by Crippen LogP contribution is 2.33. The summed E-state index contributed by atoms with van der Waals surface area (Å²) in [5.41, 5.74) is 2.06. The van der Waals surface area contributed by atoms with Crippen LogP contribution in [-0.2, 0) is 0 Å². The van der Waals surface area contributed by atoms with Crippen LogP contribution in [0.1, 0.15) is 35.3 Å². The first-order valence-electron chi connectivity index (χ1n) is 8.71. The van der Waals surface area contributed by atoms with E-state index in [0.29, 0.717) is 17.0 Å². The van der Waals surface area contributed by atoms with Crippen molar-refractivity contribution >= 4 is 17.2 Å². The van der Waals surface area contributed by atoms with Gasteiger partial charge in [-0.25, -0.2) is 4.98 Å². The molecule has 0 aliphatic carbocycles. The van der Waals surface area contributed by atoms with Crippen molar-refractivity contribution in [3.8, 4) is 10.4 Å². The van der Waals surface area contributed by atoms with Gasteiger partial charge in [-0.15, -0.1) is 11.3 Å². The normalized spacial score (nSPS) is 28.8. The van der Waals surface area contributed by atoms with Crippen molar-refractivity contribution in [2.24, 2.45) is 5.92 Å². The molecule has 2 unspecified atom stereocenters. The summed E-state index contributed by atoms with van der Waals surface area (Å²) >= 11 is 1.49. The number of nitrogens with zero attached hydrogens (tertiary/aromatic N) is 2. The maximum atomic E-state index is 12.7. The molecular weight excluding hydrogens is 318 g/mol. The fourth-order valence-corrected chi connectivity index (χ4v) is 5.08. The van der Waals surface area contributed by atoms with Crippen LogP contribution in [0.3, 0.4) is 0 Å². The van der Waals surface area contributed by atoms with Crippen molar-refractivity contribution < 1.29 is 4.79 Å². The molecule has 0 saturated carbocycles. The van der Waals surface area contributed by atoms with Gasteiger partial charge in [0.2, 0.25) is 0 Å². The lowest BCUT2D eigenvalue weighted by atomic mass is 9.79. The van der Waals surface area contributed by atoms with E-state index in [1.165, 1.54) is 37.3 Å². The molecule has 5 rings (SSSR count). The van der Waals surface area contributed by atoms with Gasteiger partial charge in [0.05, 0.1) is 10.6 Å². The number of fused-ring (bicyclic) bond motifs is 3. The summed E-state index contributed by atoms with van der Waals surface area (Å²) in [4.78, 5) is 20.9. The maximum Gasteiger partial charge on any atom is 0.280 e. The molecule has 1 amide bonds. The predicted molar refractivity (Wildman–Crippen MR) is 97.3 cm³/mol. The number of aryl methyl sites for hydroxylation is 1. The van der Waals surface area contributed by atoms with Crippen LogP contribution in [0.4, 0.5) is 0 Å². The Bertz CT molecular complexity index is 732. The molecule has 4 heterocycles. The fourth-order valence-electron chi connectivity index (χ4n) is 4.11. The third-order valence-corrected chi connectivity index (χ3v) is 6.71. The second-order valence-corrected chi connectivity index (χ2v) is 7.91.